The number of benzene rings is 2. The van der Waals surface area contributed by atoms with Crippen LogP contribution < -0.4 is 5.32 Å². The molecule has 4 aromatic rings. The van der Waals surface area contributed by atoms with Crippen LogP contribution in [0.25, 0.3) is 21.9 Å². The van der Waals surface area contributed by atoms with Gasteiger partial charge in [-0.15, -0.1) is 11.3 Å². The van der Waals surface area contributed by atoms with Crippen LogP contribution in [0.3, 0.4) is 0 Å². The van der Waals surface area contributed by atoms with E-state index in [1.54, 1.807) is 38.3 Å². The summed E-state index contributed by atoms with van der Waals surface area (Å²) in [4.78, 5) is 28.8. The number of carbonyl (C=O) groups is 2. The Bertz CT molecular complexity index is 1350. The Balaban J connectivity index is 1.49. The molecule has 180 valence electrons. The lowest BCUT2D eigenvalue weighted by molar-refractivity contribution is 0.0520. The van der Waals surface area contributed by atoms with Crippen molar-refractivity contribution >= 4 is 40.7 Å². The van der Waals surface area contributed by atoms with Crippen molar-refractivity contribution in [3.63, 3.8) is 0 Å². The molecule has 1 amide bonds. The number of halogens is 1. The number of thiazole rings is 1. The molecule has 2 heterocycles. The average molecular weight is 512 g/mol. The number of nitrogens with one attached hydrogen (secondary N) is 1. The molecule has 0 aliphatic heterocycles. The van der Waals surface area contributed by atoms with E-state index in [0.717, 1.165) is 5.56 Å². The highest BCUT2D eigenvalue weighted by Crippen LogP contribution is 2.34. The topological polar surface area (TPSA) is 104 Å². The molecule has 0 spiro atoms. The number of rotatable bonds is 7. The van der Waals surface area contributed by atoms with Crippen LogP contribution in [-0.4, -0.2) is 28.8 Å². The number of carbonyl (C=O) groups excluding carboxylic acids is 2. The van der Waals surface area contributed by atoms with E-state index in [2.05, 4.69) is 15.5 Å². The van der Waals surface area contributed by atoms with Crippen LogP contribution in [0.4, 0.5) is 10.5 Å². The number of anilines is 1. The van der Waals surface area contributed by atoms with Gasteiger partial charge in [0, 0.05) is 27.1 Å². The quantitative estimate of drug-likeness (QED) is 0.269. The van der Waals surface area contributed by atoms with Gasteiger partial charge in [0.15, 0.2) is 11.5 Å². The van der Waals surface area contributed by atoms with Crippen molar-refractivity contribution in [2.75, 3.05) is 11.9 Å². The fourth-order valence-electron chi connectivity index (χ4n) is 3.34. The third kappa shape index (κ3) is 5.52. The van der Waals surface area contributed by atoms with E-state index >= 15 is 0 Å². The molecule has 1 atom stereocenters. The van der Waals surface area contributed by atoms with Crippen LogP contribution >= 0.6 is 22.9 Å². The van der Waals surface area contributed by atoms with Gasteiger partial charge >= 0.3 is 12.1 Å². The number of hydrogen-bond acceptors (Lipinski definition) is 8. The van der Waals surface area contributed by atoms with E-state index in [4.69, 9.17) is 25.6 Å². The molecule has 0 aliphatic carbocycles. The van der Waals surface area contributed by atoms with Crippen LogP contribution in [0.2, 0.25) is 5.02 Å². The highest BCUT2D eigenvalue weighted by molar-refractivity contribution is 7.13. The molecule has 2 aromatic carbocycles. The second-order valence-corrected chi connectivity index (χ2v) is 8.77. The number of esters is 1. The molecule has 0 saturated heterocycles. The second-order valence-electron chi connectivity index (χ2n) is 7.50. The zero-order valence-electron chi connectivity index (χ0n) is 19.2. The van der Waals surface area contributed by atoms with E-state index < -0.39 is 18.2 Å². The molecule has 1 unspecified atom stereocenters. The molecule has 0 fully saturated rings. The summed E-state index contributed by atoms with van der Waals surface area (Å²) >= 11 is 7.55. The summed E-state index contributed by atoms with van der Waals surface area (Å²) in [5.74, 6) is -0.0574. The van der Waals surface area contributed by atoms with Gasteiger partial charge in [0.05, 0.1) is 6.61 Å². The Hall–Kier alpha value is -3.69. The Morgan fingerprint density at radius 3 is 2.57 bits per heavy atom. The molecule has 0 aliphatic rings. The molecule has 2 aromatic heterocycles. The molecule has 0 saturated carbocycles. The third-order valence-electron chi connectivity index (χ3n) is 5.10. The minimum atomic E-state index is -0.657. The van der Waals surface area contributed by atoms with Gasteiger partial charge in [0.25, 0.3) is 0 Å². The van der Waals surface area contributed by atoms with Crippen molar-refractivity contribution in [3.8, 4) is 21.9 Å². The number of hydrogen-bond donors (Lipinski definition) is 1. The monoisotopic (exact) mass is 511 g/mol. The molecular weight excluding hydrogens is 490 g/mol. The lowest BCUT2D eigenvalue weighted by Gasteiger charge is -2.15. The highest BCUT2D eigenvalue weighted by atomic mass is 35.5. The number of amides is 1. The van der Waals surface area contributed by atoms with E-state index in [9.17, 15) is 9.59 Å². The van der Waals surface area contributed by atoms with Crippen molar-refractivity contribution in [3.05, 3.63) is 75.9 Å². The molecule has 1 N–H and O–H groups in total. The Morgan fingerprint density at radius 1 is 1.14 bits per heavy atom. The SMILES string of the molecule is CCOC(=O)c1csc(-c2ccc(-c3onc(C)c3NC(=O)OC(C)c3ccccc3Cl)cc2)n1. The predicted octanol–water partition coefficient (Wildman–Crippen LogP) is 6.91. The average Bonchev–Trinajstić information content (AvgIpc) is 3.47. The predicted molar refractivity (Wildman–Crippen MR) is 134 cm³/mol. The lowest BCUT2D eigenvalue weighted by Crippen LogP contribution is -2.17. The molecule has 0 bridgehead atoms. The summed E-state index contributed by atoms with van der Waals surface area (Å²) in [6.45, 7) is 5.51. The minimum absolute atomic E-state index is 0.276. The normalized spacial score (nSPS) is 11.7. The van der Waals surface area contributed by atoms with Crippen LogP contribution in [0, 0.1) is 6.92 Å². The van der Waals surface area contributed by atoms with Gasteiger partial charge in [-0.2, -0.15) is 0 Å². The molecule has 4 rings (SSSR count). The maximum absolute atomic E-state index is 12.6. The number of ether oxygens (including phenoxy) is 2. The summed E-state index contributed by atoms with van der Waals surface area (Å²) in [6, 6.07) is 14.5. The largest absolute Gasteiger partial charge is 0.461 e. The lowest BCUT2D eigenvalue weighted by atomic mass is 10.1. The van der Waals surface area contributed by atoms with Crippen molar-refractivity contribution in [1.29, 1.82) is 0 Å². The van der Waals surface area contributed by atoms with Crippen LogP contribution in [-0.2, 0) is 9.47 Å². The summed E-state index contributed by atoms with van der Waals surface area (Å²) < 4.78 is 16.0. The maximum atomic E-state index is 12.6. The van der Waals surface area contributed by atoms with Gasteiger partial charge in [-0.3, -0.25) is 5.32 Å². The van der Waals surface area contributed by atoms with E-state index in [0.29, 0.717) is 44.9 Å². The van der Waals surface area contributed by atoms with Crippen LogP contribution in [0.5, 0.6) is 0 Å². The standard InChI is InChI=1S/C25H22ClN3O5S/c1-4-32-24(30)20-13-35-23(27-20)17-11-9-16(10-12-17)22-21(14(2)29-34-22)28-25(31)33-15(3)18-7-5-6-8-19(18)26/h5-13,15H,4H2,1-3H3,(H,28,31). The molecule has 10 heteroatoms. The molecule has 8 nitrogen and oxygen atoms in total. The third-order valence-corrected chi connectivity index (χ3v) is 6.34. The van der Waals surface area contributed by atoms with E-state index in [1.807, 2.05) is 36.4 Å². The first-order valence-corrected chi connectivity index (χ1v) is 12.0. The van der Waals surface area contributed by atoms with Crippen molar-refractivity contribution in [2.24, 2.45) is 0 Å². The molecular formula is C25H22ClN3O5S. The zero-order chi connectivity index (χ0) is 24.9. The second kappa shape index (κ2) is 10.7. The van der Waals surface area contributed by atoms with E-state index in [-0.39, 0.29) is 5.69 Å². The molecule has 0 radical (unpaired) electrons. The van der Waals surface area contributed by atoms with Gasteiger partial charge in [-0.1, -0.05) is 59.2 Å². The number of aromatic nitrogens is 2. The smallest absolute Gasteiger partial charge is 0.412 e. The van der Waals surface area contributed by atoms with Crippen LogP contribution in [0.15, 0.2) is 58.4 Å². The molecule has 35 heavy (non-hydrogen) atoms. The number of nitrogens with zero attached hydrogens (tertiary/aromatic N) is 2. The van der Waals surface area contributed by atoms with Crippen molar-refractivity contribution < 1.29 is 23.6 Å². The fourth-order valence-corrected chi connectivity index (χ4v) is 4.43. The van der Waals surface area contributed by atoms with Gasteiger partial charge in [0.1, 0.15) is 22.5 Å². The van der Waals surface area contributed by atoms with Gasteiger partial charge in [0.2, 0.25) is 0 Å². The summed E-state index contributed by atoms with van der Waals surface area (Å²) in [7, 11) is 0. The zero-order valence-corrected chi connectivity index (χ0v) is 20.8. The summed E-state index contributed by atoms with van der Waals surface area (Å²) in [5.41, 5.74) is 3.42. The van der Waals surface area contributed by atoms with E-state index in [1.165, 1.54) is 11.3 Å². The summed E-state index contributed by atoms with van der Waals surface area (Å²) in [5, 5.41) is 9.59. The first-order valence-electron chi connectivity index (χ1n) is 10.8. The van der Waals surface area contributed by atoms with Crippen molar-refractivity contribution in [1.82, 2.24) is 10.1 Å². The highest BCUT2D eigenvalue weighted by Gasteiger charge is 2.21. The number of aryl methyl sites for hydroxylation is 1. The van der Waals surface area contributed by atoms with Gasteiger partial charge < -0.3 is 14.0 Å². The Morgan fingerprint density at radius 2 is 1.86 bits per heavy atom. The summed E-state index contributed by atoms with van der Waals surface area (Å²) in [6.07, 6.45) is -1.21. The first kappa shape index (κ1) is 24.4. The minimum Gasteiger partial charge on any atom is -0.461 e. The van der Waals surface area contributed by atoms with Gasteiger partial charge in [-0.05, 0) is 26.8 Å². The Kier molecular flexibility index (Phi) is 7.48. The maximum Gasteiger partial charge on any atom is 0.412 e. The van der Waals surface area contributed by atoms with Crippen LogP contribution in [0.1, 0.15) is 41.7 Å². The van der Waals surface area contributed by atoms with Gasteiger partial charge in [-0.25, -0.2) is 14.6 Å². The van der Waals surface area contributed by atoms with Crippen molar-refractivity contribution in [2.45, 2.75) is 26.9 Å². The fraction of sp³-hybridized carbons (Fsp3) is 0.200. The first-order chi connectivity index (χ1) is 16.9. The Labute approximate surface area is 210 Å².